The number of nitrogens with zero attached hydrogens (tertiary/aromatic N) is 1. The van der Waals surface area contributed by atoms with E-state index in [2.05, 4.69) is 33.0 Å². The van der Waals surface area contributed by atoms with Crippen molar-refractivity contribution in [2.24, 2.45) is 0 Å². The molecule has 0 saturated heterocycles. The van der Waals surface area contributed by atoms with E-state index in [4.69, 9.17) is 10.5 Å². The van der Waals surface area contributed by atoms with Gasteiger partial charge < -0.3 is 10.5 Å². The Bertz CT molecular complexity index is 771. The highest BCUT2D eigenvalue weighted by molar-refractivity contribution is 9.10. The molecule has 0 aliphatic carbocycles. The average Bonchev–Trinajstić information content (AvgIpc) is 2.41. The molecule has 2 aromatic carbocycles. The minimum Gasteiger partial charge on any atom is -0.398 e. The number of methoxy groups -OCH3 is 1. The summed E-state index contributed by atoms with van der Waals surface area (Å²) in [7, 11) is 1.65. The Hall–Kier alpha value is -1.65. The minimum absolute atomic E-state index is 0.463. The second kappa shape index (κ2) is 4.79. The monoisotopic (exact) mass is 316 g/mol. The lowest BCUT2D eigenvalue weighted by atomic mass is 10.0. The summed E-state index contributed by atoms with van der Waals surface area (Å²) in [6.07, 6.45) is 0. The van der Waals surface area contributed by atoms with Crippen LogP contribution >= 0.6 is 15.9 Å². The molecular formula is C15H13BrN2O. The first-order valence-electron chi connectivity index (χ1n) is 5.96. The number of ether oxygens (including phenoxy) is 1. The summed E-state index contributed by atoms with van der Waals surface area (Å²) >= 11 is 3.59. The van der Waals surface area contributed by atoms with E-state index in [1.165, 1.54) is 0 Å². The van der Waals surface area contributed by atoms with Crippen LogP contribution in [0.1, 0.15) is 5.69 Å². The number of nitrogens with two attached hydrogens (primary N) is 1. The molecule has 0 aliphatic heterocycles. The van der Waals surface area contributed by atoms with Gasteiger partial charge in [0.25, 0.3) is 0 Å². The molecule has 2 N–H and O–H groups in total. The fourth-order valence-electron chi connectivity index (χ4n) is 2.31. The van der Waals surface area contributed by atoms with Gasteiger partial charge in [-0.3, -0.25) is 0 Å². The van der Waals surface area contributed by atoms with Gasteiger partial charge in [-0.25, -0.2) is 4.98 Å². The van der Waals surface area contributed by atoms with Crippen LogP contribution in [0.2, 0.25) is 0 Å². The molecule has 3 rings (SSSR count). The quantitative estimate of drug-likeness (QED) is 0.730. The Balaban J connectivity index is 2.45. The summed E-state index contributed by atoms with van der Waals surface area (Å²) in [5.74, 6) is 0. The fraction of sp³-hybridized carbons (Fsp3) is 0.133. The maximum absolute atomic E-state index is 6.13. The highest BCUT2D eigenvalue weighted by Crippen LogP contribution is 2.33. The number of halogens is 1. The van der Waals surface area contributed by atoms with E-state index in [0.29, 0.717) is 6.61 Å². The van der Waals surface area contributed by atoms with Gasteiger partial charge in [-0.2, -0.15) is 0 Å². The molecule has 0 atom stereocenters. The van der Waals surface area contributed by atoms with Crippen molar-refractivity contribution < 1.29 is 4.74 Å². The third-order valence-electron chi connectivity index (χ3n) is 3.15. The van der Waals surface area contributed by atoms with E-state index < -0.39 is 0 Å². The van der Waals surface area contributed by atoms with E-state index in [1.807, 2.05) is 24.3 Å². The molecule has 0 bridgehead atoms. The van der Waals surface area contributed by atoms with Crippen LogP contribution in [-0.2, 0) is 11.3 Å². The van der Waals surface area contributed by atoms with Gasteiger partial charge in [-0.05, 0) is 17.5 Å². The highest BCUT2D eigenvalue weighted by Gasteiger charge is 2.09. The lowest BCUT2D eigenvalue weighted by molar-refractivity contribution is 0.182. The van der Waals surface area contributed by atoms with Crippen molar-refractivity contribution >= 4 is 43.3 Å². The van der Waals surface area contributed by atoms with Gasteiger partial charge in [0.05, 0.1) is 17.8 Å². The van der Waals surface area contributed by atoms with E-state index in [9.17, 15) is 0 Å². The van der Waals surface area contributed by atoms with Gasteiger partial charge in [0, 0.05) is 28.0 Å². The predicted molar refractivity (Wildman–Crippen MR) is 82.1 cm³/mol. The maximum Gasteiger partial charge on any atom is 0.0885 e. The van der Waals surface area contributed by atoms with Crippen LogP contribution in [0.4, 0.5) is 5.69 Å². The number of aromatic nitrogens is 1. The number of benzene rings is 2. The zero-order valence-corrected chi connectivity index (χ0v) is 12.1. The minimum atomic E-state index is 0.463. The van der Waals surface area contributed by atoms with Crippen LogP contribution in [0, 0.1) is 0 Å². The van der Waals surface area contributed by atoms with E-state index in [0.717, 1.165) is 37.5 Å². The van der Waals surface area contributed by atoms with Crippen LogP contribution in [-0.4, -0.2) is 12.1 Å². The topological polar surface area (TPSA) is 48.1 Å². The van der Waals surface area contributed by atoms with Crippen molar-refractivity contribution in [3.8, 4) is 0 Å². The standard InChI is InChI=1S/C15H13BrN2O/c1-19-8-9-6-14(17)12-7-13(16)10-4-2-3-5-11(10)15(12)18-9/h2-7H,8H2,1H3,(H2,17,18). The molecule has 0 radical (unpaired) electrons. The van der Waals surface area contributed by atoms with E-state index in [1.54, 1.807) is 7.11 Å². The Kier molecular flexibility index (Phi) is 3.12. The molecular weight excluding hydrogens is 304 g/mol. The normalized spacial score (nSPS) is 11.3. The average molecular weight is 317 g/mol. The van der Waals surface area contributed by atoms with Gasteiger partial charge in [-0.15, -0.1) is 0 Å². The Labute approximate surface area is 119 Å². The summed E-state index contributed by atoms with van der Waals surface area (Å²) in [6.45, 7) is 0.463. The zero-order valence-electron chi connectivity index (χ0n) is 10.5. The molecule has 4 heteroatoms. The molecule has 1 heterocycles. The lowest BCUT2D eigenvalue weighted by Crippen LogP contribution is -1.98. The van der Waals surface area contributed by atoms with Gasteiger partial charge in [0.2, 0.25) is 0 Å². The van der Waals surface area contributed by atoms with Gasteiger partial charge in [0.1, 0.15) is 0 Å². The smallest absolute Gasteiger partial charge is 0.0885 e. The molecule has 19 heavy (non-hydrogen) atoms. The van der Waals surface area contributed by atoms with Crippen LogP contribution in [0.3, 0.4) is 0 Å². The van der Waals surface area contributed by atoms with E-state index >= 15 is 0 Å². The SMILES string of the molecule is COCc1cc(N)c2cc(Br)c3ccccc3c2n1. The molecule has 1 aromatic heterocycles. The Morgan fingerprint density at radius 2 is 1.89 bits per heavy atom. The van der Waals surface area contributed by atoms with Crippen LogP contribution < -0.4 is 5.73 Å². The number of anilines is 1. The second-order valence-electron chi connectivity index (χ2n) is 4.44. The fourth-order valence-corrected chi connectivity index (χ4v) is 2.89. The van der Waals surface area contributed by atoms with Crippen molar-refractivity contribution in [1.82, 2.24) is 4.98 Å². The first kappa shape index (κ1) is 12.4. The Morgan fingerprint density at radius 3 is 2.63 bits per heavy atom. The molecule has 0 aliphatic rings. The predicted octanol–water partition coefficient (Wildman–Crippen LogP) is 3.88. The summed E-state index contributed by atoms with van der Waals surface area (Å²) < 4.78 is 6.17. The first-order chi connectivity index (χ1) is 9.20. The maximum atomic E-state index is 6.13. The van der Waals surface area contributed by atoms with E-state index in [-0.39, 0.29) is 0 Å². The second-order valence-corrected chi connectivity index (χ2v) is 5.29. The number of nitrogen functional groups attached to an aromatic ring is 1. The number of rotatable bonds is 2. The summed E-state index contributed by atoms with van der Waals surface area (Å²) in [6, 6.07) is 12.0. The summed E-state index contributed by atoms with van der Waals surface area (Å²) in [5.41, 5.74) is 8.63. The number of fused-ring (bicyclic) bond motifs is 3. The first-order valence-corrected chi connectivity index (χ1v) is 6.75. The molecule has 0 spiro atoms. The number of hydrogen-bond acceptors (Lipinski definition) is 3. The van der Waals surface area contributed by atoms with Crippen molar-refractivity contribution in [2.75, 3.05) is 12.8 Å². The number of pyridine rings is 1. The van der Waals surface area contributed by atoms with Crippen molar-refractivity contribution in [3.05, 3.63) is 46.6 Å². The highest BCUT2D eigenvalue weighted by atomic mass is 79.9. The lowest BCUT2D eigenvalue weighted by Gasteiger charge is -2.10. The van der Waals surface area contributed by atoms with Gasteiger partial charge in [0.15, 0.2) is 0 Å². The van der Waals surface area contributed by atoms with Gasteiger partial charge >= 0.3 is 0 Å². The molecule has 0 unspecified atom stereocenters. The molecule has 3 aromatic rings. The molecule has 0 saturated carbocycles. The van der Waals surface area contributed by atoms with Crippen molar-refractivity contribution in [3.63, 3.8) is 0 Å². The van der Waals surface area contributed by atoms with Crippen molar-refractivity contribution in [2.45, 2.75) is 6.61 Å². The largest absolute Gasteiger partial charge is 0.398 e. The molecule has 0 amide bonds. The third kappa shape index (κ3) is 2.07. The number of hydrogen-bond donors (Lipinski definition) is 1. The molecule has 3 nitrogen and oxygen atoms in total. The van der Waals surface area contributed by atoms with Crippen LogP contribution in [0.15, 0.2) is 40.9 Å². The Morgan fingerprint density at radius 1 is 1.16 bits per heavy atom. The van der Waals surface area contributed by atoms with Crippen LogP contribution in [0.5, 0.6) is 0 Å². The molecule has 96 valence electrons. The van der Waals surface area contributed by atoms with Gasteiger partial charge in [-0.1, -0.05) is 40.2 Å². The summed E-state index contributed by atoms with van der Waals surface area (Å²) in [4.78, 5) is 4.67. The third-order valence-corrected chi connectivity index (χ3v) is 3.80. The van der Waals surface area contributed by atoms with Crippen molar-refractivity contribution in [1.29, 1.82) is 0 Å². The zero-order chi connectivity index (χ0) is 13.4. The summed E-state index contributed by atoms with van der Waals surface area (Å²) in [5, 5.41) is 3.19. The molecule has 0 fully saturated rings. The van der Waals surface area contributed by atoms with Crippen LogP contribution in [0.25, 0.3) is 21.7 Å².